The first-order valence-corrected chi connectivity index (χ1v) is 4.03. The van der Waals surface area contributed by atoms with E-state index in [1.54, 1.807) is 0 Å². The van der Waals surface area contributed by atoms with Gasteiger partial charge in [0.25, 0.3) is 0 Å². The minimum absolute atomic E-state index is 0.342. The second-order valence-electron chi connectivity index (χ2n) is 4.41. The highest BCUT2D eigenvalue weighted by atomic mass is 16.5. The SMILES string of the molecule is CC1(C)C/C(=N/O)C(C)(C)N1O. The summed E-state index contributed by atoms with van der Waals surface area (Å²) in [6, 6.07) is 0. The molecular formula is C8H16N2O2. The maximum absolute atomic E-state index is 9.73. The van der Waals surface area contributed by atoms with Crippen molar-refractivity contribution in [3.63, 3.8) is 0 Å². The standard InChI is InChI=1S/C8H16N2O2/c1-7(2)5-6(9-11)8(3,4)10(7)12/h11-12H,5H2,1-4H3/b9-6-. The average molecular weight is 172 g/mol. The van der Waals surface area contributed by atoms with E-state index in [0.717, 1.165) is 0 Å². The van der Waals surface area contributed by atoms with Crippen LogP contribution in [0.4, 0.5) is 0 Å². The lowest BCUT2D eigenvalue weighted by molar-refractivity contribution is -0.184. The number of nitrogens with zero attached hydrogens (tertiary/aromatic N) is 2. The van der Waals surface area contributed by atoms with E-state index >= 15 is 0 Å². The maximum Gasteiger partial charge on any atom is 0.0824 e. The number of hydroxylamine groups is 2. The molecule has 1 aliphatic heterocycles. The van der Waals surface area contributed by atoms with Crippen LogP contribution in [0.5, 0.6) is 0 Å². The molecule has 0 aromatic rings. The summed E-state index contributed by atoms with van der Waals surface area (Å²) in [6.45, 7) is 7.48. The quantitative estimate of drug-likeness (QED) is 0.429. The molecule has 0 aliphatic carbocycles. The second kappa shape index (κ2) is 2.44. The van der Waals surface area contributed by atoms with E-state index in [-0.39, 0.29) is 5.54 Å². The Morgan fingerprint density at radius 1 is 1.33 bits per heavy atom. The van der Waals surface area contributed by atoms with Gasteiger partial charge in [-0.15, -0.1) is 0 Å². The van der Waals surface area contributed by atoms with E-state index in [4.69, 9.17) is 5.21 Å². The molecule has 0 bridgehead atoms. The average Bonchev–Trinajstić information content (AvgIpc) is 2.11. The molecule has 1 aliphatic rings. The molecular weight excluding hydrogens is 156 g/mol. The van der Waals surface area contributed by atoms with Crippen LogP contribution >= 0.6 is 0 Å². The van der Waals surface area contributed by atoms with Crippen LogP contribution in [0, 0.1) is 0 Å². The van der Waals surface area contributed by atoms with Gasteiger partial charge in [0.2, 0.25) is 0 Å². The molecule has 0 aromatic carbocycles. The molecule has 0 unspecified atom stereocenters. The minimum Gasteiger partial charge on any atom is -0.411 e. The van der Waals surface area contributed by atoms with Gasteiger partial charge in [-0.05, 0) is 27.7 Å². The number of rotatable bonds is 0. The first-order chi connectivity index (χ1) is 5.32. The van der Waals surface area contributed by atoms with Crippen molar-refractivity contribution in [1.82, 2.24) is 5.06 Å². The Balaban J connectivity index is 3.05. The lowest BCUT2D eigenvalue weighted by atomic mass is 9.98. The van der Waals surface area contributed by atoms with Gasteiger partial charge in [-0.3, -0.25) is 0 Å². The summed E-state index contributed by atoms with van der Waals surface area (Å²) in [5.74, 6) is 0. The highest BCUT2D eigenvalue weighted by molar-refractivity contribution is 5.95. The Morgan fingerprint density at radius 3 is 2.00 bits per heavy atom. The van der Waals surface area contributed by atoms with Gasteiger partial charge in [-0.2, -0.15) is 5.06 Å². The van der Waals surface area contributed by atoms with Gasteiger partial charge in [0, 0.05) is 12.0 Å². The van der Waals surface area contributed by atoms with E-state index in [9.17, 15) is 5.21 Å². The highest BCUT2D eigenvalue weighted by Gasteiger charge is 2.49. The van der Waals surface area contributed by atoms with Gasteiger partial charge >= 0.3 is 0 Å². The van der Waals surface area contributed by atoms with Crippen LogP contribution in [0.3, 0.4) is 0 Å². The first kappa shape index (κ1) is 9.48. The fourth-order valence-corrected chi connectivity index (χ4v) is 1.74. The van der Waals surface area contributed by atoms with Crippen LogP contribution in [0.15, 0.2) is 5.16 Å². The van der Waals surface area contributed by atoms with Gasteiger partial charge < -0.3 is 10.4 Å². The van der Waals surface area contributed by atoms with Crippen molar-refractivity contribution < 1.29 is 10.4 Å². The van der Waals surface area contributed by atoms with Gasteiger partial charge in [0.1, 0.15) is 0 Å². The summed E-state index contributed by atoms with van der Waals surface area (Å²) >= 11 is 0. The molecule has 0 saturated carbocycles. The zero-order valence-corrected chi connectivity index (χ0v) is 8.00. The van der Waals surface area contributed by atoms with Crippen LogP contribution in [-0.4, -0.2) is 32.3 Å². The van der Waals surface area contributed by atoms with E-state index in [0.29, 0.717) is 12.1 Å². The highest BCUT2D eigenvalue weighted by Crippen LogP contribution is 2.36. The Morgan fingerprint density at radius 2 is 1.83 bits per heavy atom. The molecule has 1 saturated heterocycles. The lowest BCUT2D eigenvalue weighted by Crippen LogP contribution is -2.47. The molecule has 0 atom stereocenters. The van der Waals surface area contributed by atoms with Crippen molar-refractivity contribution in [2.45, 2.75) is 45.2 Å². The van der Waals surface area contributed by atoms with E-state index in [1.165, 1.54) is 5.06 Å². The molecule has 0 amide bonds. The third-order valence-corrected chi connectivity index (χ3v) is 2.53. The lowest BCUT2D eigenvalue weighted by Gasteiger charge is -2.33. The van der Waals surface area contributed by atoms with Gasteiger partial charge in [-0.1, -0.05) is 5.16 Å². The molecule has 0 spiro atoms. The maximum atomic E-state index is 9.73. The molecule has 2 N–H and O–H groups in total. The van der Waals surface area contributed by atoms with Gasteiger partial charge in [-0.25, -0.2) is 0 Å². The van der Waals surface area contributed by atoms with Gasteiger partial charge in [0.05, 0.1) is 11.3 Å². The first-order valence-electron chi connectivity index (χ1n) is 4.03. The number of oxime groups is 1. The van der Waals surface area contributed by atoms with Crippen LogP contribution < -0.4 is 0 Å². The van der Waals surface area contributed by atoms with Crippen molar-refractivity contribution in [2.24, 2.45) is 5.16 Å². The predicted octanol–water partition coefficient (Wildman–Crippen LogP) is 1.47. The Kier molecular flexibility index (Phi) is 1.92. The summed E-state index contributed by atoms with van der Waals surface area (Å²) in [5.41, 5.74) is -0.279. The van der Waals surface area contributed by atoms with Gasteiger partial charge in [0.15, 0.2) is 0 Å². The second-order valence-corrected chi connectivity index (χ2v) is 4.41. The van der Waals surface area contributed by atoms with Crippen LogP contribution in [0.25, 0.3) is 0 Å². The molecule has 0 radical (unpaired) electrons. The molecule has 4 heteroatoms. The topological polar surface area (TPSA) is 56.1 Å². The van der Waals surface area contributed by atoms with Crippen LogP contribution in [-0.2, 0) is 0 Å². The molecule has 1 rings (SSSR count). The summed E-state index contributed by atoms with van der Waals surface area (Å²) < 4.78 is 0. The van der Waals surface area contributed by atoms with Crippen molar-refractivity contribution in [1.29, 1.82) is 0 Å². The van der Waals surface area contributed by atoms with E-state index in [2.05, 4.69) is 5.16 Å². The minimum atomic E-state index is -0.557. The Bertz CT molecular complexity index is 221. The van der Waals surface area contributed by atoms with Crippen molar-refractivity contribution in [3.05, 3.63) is 0 Å². The largest absolute Gasteiger partial charge is 0.411 e. The monoisotopic (exact) mass is 172 g/mol. The van der Waals surface area contributed by atoms with Crippen molar-refractivity contribution >= 4 is 5.71 Å². The normalized spacial score (nSPS) is 31.2. The molecule has 1 heterocycles. The van der Waals surface area contributed by atoms with E-state index in [1.807, 2.05) is 27.7 Å². The molecule has 1 fully saturated rings. The zero-order chi connectivity index (χ0) is 9.57. The summed E-state index contributed by atoms with van der Waals surface area (Å²) in [5, 5.41) is 22.9. The zero-order valence-electron chi connectivity index (χ0n) is 8.00. The fourth-order valence-electron chi connectivity index (χ4n) is 1.74. The smallest absolute Gasteiger partial charge is 0.0824 e. The van der Waals surface area contributed by atoms with Crippen LogP contribution in [0.1, 0.15) is 34.1 Å². The fraction of sp³-hybridized carbons (Fsp3) is 0.875. The van der Waals surface area contributed by atoms with E-state index < -0.39 is 5.54 Å². The molecule has 70 valence electrons. The summed E-state index contributed by atoms with van der Waals surface area (Å²) in [4.78, 5) is 0. The third kappa shape index (κ3) is 1.11. The van der Waals surface area contributed by atoms with Crippen molar-refractivity contribution in [3.8, 4) is 0 Å². The Labute approximate surface area is 72.4 Å². The summed E-state index contributed by atoms with van der Waals surface area (Å²) in [7, 11) is 0. The summed E-state index contributed by atoms with van der Waals surface area (Å²) in [6.07, 6.45) is 0.590. The van der Waals surface area contributed by atoms with Crippen LogP contribution in [0.2, 0.25) is 0 Å². The number of hydrogen-bond acceptors (Lipinski definition) is 4. The third-order valence-electron chi connectivity index (χ3n) is 2.53. The predicted molar refractivity (Wildman–Crippen MR) is 45.6 cm³/mol. The molecule has 4 nitrogen and oxygen atoms in total. The molecule has 12 heavy (non-hydrogen) atoms. The Hall–Kier alpha value is -0.610. The number of hydrogen-bond donors (Lipinski definition) is 2. The molecule has 0 aromatic heterocycles. The van der Waals surface area contributed by atoms with Crippen molar-refractivity contribution in [2.75, 3.05) is 0 Å².